The third kappa shape index (κ3) is 4.59. The van der Waals surface area contributed by atoms with Crippen LogP contribution in [0.5, 0.6) is 0 Å². The summed E-state index contributed by atoms with van der Waals surface area (Å²) in [6.07, 6.45) is 1.29. The van der Waals surface area contributed by atoms with Crippen LogP contribution in [0.1, 0.15) is 0 Å². The fourth-order valence-corrected chi connectivity index (χ4v) is 1.96. The first-order chi connectivity index (χ1) is 5.97. The van der Waals surface area contributed by atoms with Crippen LogP contribution in [-0.4, -0.2) is 70.0 Å². The van der Waals surface area contributed by atoms with E-state index in [9.17, 15) is 8.42 Å². The monoisotopic (exact) mass is 206 g/mol. The van der Waals surface area contributed by atoms with E-state index in [4.69, 9.17) is 0 Å². The molecular formula is C8H18N2O2S. The normalized spacial score (nSPS) is 22.0. The SMILES string of the molecule is CN1CCN(CCS(C)(=O)=O)CC1. The lowest BCUT2D eigenvalue weighted by atomic mass is 10.3. The van der Waals surface area contributed by atoms with Gasteiger partial charge < -0.3 is 4.90 Å². The van der Waals surface area contributed by atoms with Gasteiger partial charge in [-0.15, -0.1) is 0 Å². The van der Waals surface area contributed by atoms with Crippen molar-refractivity contribution in [1.29, 1.82) is 0 Å². The number of hydrogen-bond donors (Lipinski definition) is 0. The molecular weight excluding hydrogens is 188 g/mol. The van der Waals surface area contributed by atoms with Crippen LogP contribution in [0.2, 0.25) is 0 Å². The van der Waals surface area contributed by atoms with Gasteiger partial charge in [-0.1, -0.05) is 0 Å². The summed E-state index contributed by atoms with van der Waals surface area (Å²) >= 11 is 0. The Morgan fingerprint density at radius 3 is 2.15 bits per heavy atom. The molecule has 0 amide bonds. The molecule has 0 spiro atoms. The van der Waals surface area contributed by atoms with Crippen molar-refractivity contribution in [3.8, 4) is 0 Å². The van der Waals surface area contributed by atoms with Gasteiger partial charge in [0.25, 0.3) is 0 Å². The Morgan fingerprint density at radius 2 is 1.69 bits per heavy atom. The summed E-state index contributed by atoms with van der Waals surface area (Å²) in [5, 5.41) is 0. The third-order valence-corrected chi connectivity index (χ3v) is 3.30. The summed E-state index contributed by atoms with van der Waals surface area (Å²) in [5.74, 6) is 0.288. The minimum absolute atomic E-state index is 0.288. The molecule has 1 heterocycles. The maximum Gasteiger partial charge on any atom is 0.148 e. The third-order valence-electron chi connectivity index (χ3n) is 2.37. The van der Waals surface area contributed by atoms with E-state index in [2.05, 4.69) is 16.8 Å². The quantitative estimate of drug-likeness (QED) is 0.611. The molecule has 1 rings (SSSR count). The van der Waals surface area contributed by atoms with Crippen molar-refractivity contribution in [3.63, 3.8) is 0 Å². The summed E-state index contributed by atoms with van der Waals surface area (Å²) in [5.41, 5.74) is 0. The Balaban J connectivity index is 2.24. The molecule has 1 saturated heterocycles. The number of rotatable bonds is 3. The number of sulfone groups is 1. The highest BCUT2D eigenvalue weighted by atomic mass is 32.2. The lowest BCUT2D eigenvalue weighted by Crippen LogP contribution is -2.45. The molecule has 0 aromatic carbocycles. The molecule has 5 heteroatoms. The zero-order valence-corrected chi connectivity index (χ0v) is 9.18. The molecule has 78 valence electrons. The van der Waals surface area contributed by atoms with Crippen LogP contribution in [0.3, 0.4) is 0 Å². The fraction of sp³-hybridized carbons (Fsp3) is 1.00. The van der Waals surface area contributed by atoms with Crippen molar-refractivity contribution in [2.24, 2.45) is 0 Å². The molecule has 0 atom stereocenters. The highest BCUT2D eigenvalue weighted by Gasteiger charge is 2.14. The first-order valence-electron chi connectivity index (χ1n) is 4.56. The Morgan fingerprint density at radius 1 is 1.15 bits per heavy atom. The molecule has 0 N–H and O–H groups in total. The second-order valence-corrected chi connectivity index (χ2v) is 6.03. The number of piperazine rings is 1. The van der Waals surface area contributed by atoms with Crippen LogP contribution in [0.4, 0.5) is 0 Å². The first kappa shape index (κ1) is 10.9. The molecule has 1 aliphatic heterocycles. The van der Waals surface area contributed by atoms with Crippen molar-refractivity contribution in [3.05, 3.63) is 0 Å². The van der Waals surface area contributed by atoms with E-state index in [-0.39, 0.29) is 5.75 Å². The Kier molecular flexibility index (Phi) is 3.70. The molecule has 1 fully saturated rings. The topological polar surface area (TPSA) is 40.6 Å². The van der Waals surface area contributed by atoms with Crippen LogP contribution in [0.25, 0.3) is 0 Å². The van der Waals surface area contributed by atoms with Crippen LogP contribution in [-0.2, 0) is 9.84 Å². The Labute approximate surface area is 80.4 Å². The van der Waals surface area contributed by atoms with E-state index in [1.807, 2.05) is 0 Å². The van der Waals surface area contributed by atoms with Gasteiger partial charge in [-0.05, 0) is 7.05 Å². The lowest BCUT2D eigenvalue weighted by molar-refractivity contribution is 0.161. The molecule has 0 unspecified atom stereocenters. The van der Waals surface area contributed by atoms with Crippen molar-refractivity contribution in [1.82, 2.24) is 9.80 Å². The van der Waals surface area contributed by atoms with Gasteiger partial charge in [0, 0.05) is 39.0 Å². The second-order valence-electron chi connectivity index (χ2n) is 3.77. The van der Waals surface area contributed by atoms with Gasteiger partial charge in [0.1, 0.15) is 9.84 Å². The van der Waals surface area contributed by atoms with E-state index in [1.165, 1.54) is 6.26 Å². The summed E-state index contributed by atoms with van der Waals surface area (Å²) < 4.78 is 21.8. The molecule has 1 aliphatic rings. The van der Waals surface area contributed by atoms with E-state index >= 15 is 0 Å². The summed E-state index contributed by atoms with van der Waals surface area (Å²) in [6, 6.07) is 0. The maximum absolute atomic E-state index is 10.9. The van der Waals surface area contributed by atoms with Crippen molar-refractivity contribution >= 4 is 9.84 Å². The number of likely N-dealkylation sites (N-methyl/N-ethyl adjacent to an activating group) is 1. The summed E-state index contributed by atoms with van der Waals surface area (Å²) in [4.78, 5) is 4.47. The van der Waals surface area contributed by atoms with Crippen LogP contribution < -0.4 is 0 Å². The zero-order valence-electron chi connectivity index (χ0n) is 8.36. The molecule has 4 nitrogen and oxygen atoms in total. The minimum Gasteiger partial charge on any atom is -0.304 e. The van der Waals surface area contributed by atoms with Crippen molar-refractivity contribution in [2.45, 2.75) is 0 Å². The van der Waals surface area contributed by atoms with Gasteiger partial charge in [0.2, 0.25) is 0 Å². The molecule has 0 aromatic rings. The molecule has 0 aliphatic carbocycles. The first-order valence-corrected chi connectivity index (χ1v) is 6.62. The Hall–Kier alpha value is -0.130. The zero-order chi connectivity index (χ0) is 9.90. The fourth-order valence-electron chi connectivity index (χ4n) is 1.37. The van der Waals surface area contributed by atoms with Crippen LogP contribution in [0, 0.1) is 0 Å². The highest BCUT2D eigenvalue weighted by Crippen LogP contribution is 1.99. The predicted octanol–water partition coefficient (Wildman–Crippen LogP) is -0.722. The average Bonchev–Trinajstić information content (AvgIpc) is 2.02. The smallest absolute Gasteiger partial charge is 0.148 e. The van der Waals surface area contributed by atoms with E-state index in [0.717, 1.165) is 26.2 Å². The van der Waals surface area contributed by atoms with Gasteiger partial charge in [-0.25, -0.2) is 8.42 Å². The maximum atomic E-state index is 10.9. The largest absolute Gasteiger partial charge is 0.304 e. The molecule has 13 heavy (non-hydrogen) atoms. The summed E-state index contributed by atoms with van der Waals surface area (Å²) in [6.45, 7) is 4.76. The van der Waals surface area contributed by atoms with Gasteiger partial charge in [0.05, 0.1) is 5.75 Å². The average molecular weight is 206 g/mol. The van der Waals surface area contributed by atoms with Gasteiger partial charge in [-0.3, -0.25) is 4.90 Å². The van der Waals surface area contributed by atoms with Gasteiger partial charge in [-0.2, -0.15) is 0 Å². The van der Waals surface area contributed by atoms with Crippen molar-refractivity contribution < 1.29 is 8.42 Å². The van der Waals surface area contributed by atoms with E-state index in [0.29, 0.717) is 6.54 Å². The van der Waals surface area contributed by atoms with Crippen molar-refractivity contribution in [2.75, 3.05) is 51.8 Å². The predicted molar refractivity (Wildman–Crippen MR) is 53.6 cm³/mol. The minimum atomic E-state index is -2.79. The second kappa shape index (κ2) is 4.39. The van der Waals surface area contributed by atoms with E-state index in [1.54, 1.807) is 0 Å². The number of hydrogen-bond acceptors (Lipinski definition) is 4. The molecule has 0 aromatic heterocycles. The van der Waals surface area contributed by atoms with Gasteiger partial charge >= 0.3 is 0 Å². The molecule has 0 bridgehead atoms. The molecule has 0 radical (unpaired) electrons. The number of nitrogens with zero attached hydrogens (tertiary/aromatic N) is 2. The van der Waals surface area contributed by atoms with Crippen LogP contribution in [0.15, 0.2) is 0 Å². The standard InChI is InChI=1S/C8H18N2O2S/c1-9-3-5-10(6-4-9)7-8-13(2,11)12/h3-8H2,1-2H3. The van der Waals surface area contributed by atoms with E-state index < -0.39 is 9.84 Å². The lowest BCUT2D eigenvalue weighted by Gasteiger charge is -2.31. The summed E-state index contributed by atoms with van der Waals surface area (Å²) in [7, 11) is -0.701. The van der Waals surface area contributed by atoms with Crippen LogP contribution >= 0.6 is 0 Å². The molecule has 0 saturated carbocycles. The Bertz CT molecular complexity index is 243. The highest BCUT2D eigenvalue weighted by molar-refractivity contribution is 7.90. The van der Waals surface area contributed by atoms with Gasteiger partial charge in [0.15, 0.2) is 0 Å².